The van der Waals surface area contributed by atoms with Gasteiger partial charge in [0.15, 0.2) is 0 Å². The van der Waals surface area contributed by atoms with E-state index in [0.717, 1.165) is 0 Å². The van der Waals surface area contributed by atoms with Crippen LogP contribution in [0, 0.1) is 15.5 Å². The van der Waals surface area contributed by atoms with Crippen molar-refractivity contribution in [2.24, 2.45) is 5.41 Å². The van der Waals surface area contributed by atoms with Crippen LogP contribution in [-0.4, -0.2) is 52.2 Å². The monoisotopic (exact) mass is 342 g/mol. The van der Waals surface area contributed by atoms with E-state index in [1.54, 1.807) is 0 Å². The van der Waals surface area contributed by atoms with Gasteiger partial charge in [0.1, 0.15) is 0 Å². The molecule has 0 radical (unpaired) electrons. The fraction of sp³-hybridized carbons (Fsp3) is 0.455. The maximum absolute atomic E-state index is 11.0. The van der Waals surface area contributed by atoms with Crippen LogP contribution in [0.1, 0.15) is 0 Å². The standard InChI is InChI=1S/C11H11BrN4O4/c12-7-1-8(16(19)20)9(13-2-7)14-3-11(4-14)5-15(6-11)10(17)18/h1-2H,3-6H2,(H,17,18). The molecule has 1 aromatic rings. The van der Waals surface area contributed by atoms with Gasteiger partial charge in [-0.1, -0.05) is 0 Å². The van der Waals surface area contributed by atoms with E-state index in [2.05, 4.69) is 20.9 Å². The number of nitrogens with zero attached hydrogens (tertiary/aromatic N) is 4. The van der Waals surface area contributed by atoms with Crippen LogP contribution in [-0.2, 0) is 0 Å². The zero-order valence-electron chi connectivity index (χ0n) is 10.3. The van der Waals surface area contributed by atoms with Crippen molar-refractivity contribution in [1.29, 1.82) is 0 Å². The number of pyridine rings is 1. The number of carbonyl (C=O) groups is 1. The second-order valence-electron chi connectivity index (χ2n) is 5.25. The molecule has 2 aliphatic rings. The van der Waals surface area contributed by atoms with Crippen LogP contribution in [0.3, 0.4) is 0 Å². The van der Waals surface area contributed by atoms with Gasteiger partial charge in [-0.05, 0) is 15.9 Å². The summed E-state index contributed by atoms with van der Waals surface area (Å²) in [5.74, 6) is 0.345. The lowest BCUT2D eigenvalue weighted by atomic mass is 9.73. The molecule has 2 aliphatic heterocycles. The zero-order chi connectivity index (χ0) is 14.5. The van der Waals surface area contributed by atoms with Crippen molar-refractivity contribution in [3.8, 4) is 0 Å². The second kappa shape index (κ2) is 4.30. The number of likely N-dealkylation sites (tertiary alicyclic amines) is 1. The summed E-state index contributed by atoms with van der Waals surface area (Å²) in [7, 11) is 0. The molecule has 1 aromatic heterocycles. The Kier molecular flexibility index (Phi) is 2.82. The summed E-state index contributed by atoms with van der Waals surface area (Å²) in [4.78, 5) is 28.6. The third-order valence-electron chi connectivity index (χ3n) is 3.69. The molecule has 2 fully saturated rings. The van der Waals surface area contributed by atoms with Crippen molar-refractivity contribution in [3.63, 3.8) is 0 Å². The van der Waals surface area contributed by atoms with E-state index >= 15 is 0 Å². The van der Waals surface area contributed by atoms with E-state index in [4.69, 9.17) is 5.11 Å². The van der Waals surface area contributed by atoms with Crippen LogP contribution in [0.5, 0.6) is 0 Å². The summed E-state index contributed by atoms with van der Waals surface area (Å²) in [6.45, 7) is 2.19. The number of nitro groups is 1. The number of amides is 1. The molecule has 8 nitrogen and oxygen atoms in total. The fourth-order valence-electron chi connectivity index (χ4n) is 2.81. The summed E-state index contributed by atoms with van der Waals surface area (Å²) in [5.41, 5.74) is -0.0928. The first-order valence-corrected chi connectivity index (χ1v) is 6.72. The number of aromatic nitrogens is 1. The first kappa shape index (κ1) is 13.1. The summed E-state index contributed by atoms with van der Waals surface area (Å²) >= 11 is 3.17. The highest BCUT2D eigenvalue weighted by Gasteiger charge is 2.54. The minimum absolute atomic E-state index is 0.0383. The molecule has 0 saturated carbocycles. The molecular weight excluding hydrogens is 332 g/mol. The van der Waals surface area contributed by atoms with Gasteiger partial charge in [-0.3, -0.25) is 10.1 Å². The van der Waals surface area contributed by atoms with Crippen molar-refractivity contribution in [2.45, 2.75) is 0 Å². The first-order chi connectivity index (χ1) is 9.40. The molecule has 0 aliphatic carbocycles. The van der Waals surface area contributed by atoms with Crippen molar-refractivity contribution >= 4 is 33.5 Å². The molecule has 3 rings (SSSR count). The highest BCUT2D eigenvalue weighted by atomic mass is 79.9. The number of carboxylic acid groups (broad SMARTS) is 1. The van der Waals surface area contributed by atoms with Gasteiger partial charge in [0, 0.05) is 48.3 Å². The maximum atomic E-state index is 11.0. The average molecular weight is 343 g/mol. The third kappa shape index (κ3) is 1.98. The minimum Gasteiger partial charge on any atom is -0.465 e. The van der Waals surface area contributed by atoms with Crippen molar-refractivity contribution in [1.82, 2.24) is 9.88 Å². The van der Waals surface area contributed by atoms with Crippen molar-refractivity contribution in [3.05, 3.63) is 26.9 Å². The second-order valence-corrected chi connectivity index (χ2v) is 6.16. The third-order valence-corrected chi connectivity index (χ3v) is 4.12. The molecule has 0 bridgehead atoms. The van der Waals surface area contributed by atoms with Gasteiger partial charge in [-0.2, -0.15) is 0 Å². The predicted molar refractivity (Wildman–Crippen MR) is 72.8 cm³/mol. The SMILES string of the molecule is O=C(O)N1CC2(C1)CN(c1ncc(Br)cc1[N+](=O)[O-])C2. The van der Waals surface area contributed by atoms with Crippen LogP contribution in [0.25, 0.3) is 0 Å². The van der Waals surface area contributed by atoms with Crippen LogP contribution >= 0.6 is 15.9 Å². The molecule has 0 atom stereocenters. The smallest absolute Gasteiger partial charge is 0.407 e. The van der Waals surface area contributed by atoms with Crippen LogP contribution < -0.4 is 4.90 Å². The number of hydrogen-bond donors (Lipinski definition) is 1. The van der Waals surface area contributed by atoms with E-state index in [-0.39, 0.29) is 11.1 Å². The number of anilines is 1. The van der Waals surface area contributed by atoms with Gasteiger partial charge in [-0.25, -0.2) is 9.78 Å². The molecule has 0 aromatic carbocycles. The Balaban J connectivity index is 1.72. The highest BCUT2D eigenvalue weighted by molar-refractivity contribution is 9.10. The van der Waals surface area contributed by atoms with E-state index in [0.29, 0.717) is 36.5 Å². The predicted octanol–water partition coefficient (Wildman–Crippen LogP) is 1.55. The average Bonchev–Trinajstić information content (AvgIpc) is 2.26. The van der Waals surface area contributed by atoms with Gasteiger partial charge in [0.05, 0.1) is 4.92 Å². The quantitative estimate of drug-likeness (QED) is 0.646. The van der Waals surface area contributed by atoms with Crippen LogP contribution in [0.15, 0.2) is 16.7 Å². The lowest BCUT2D eigenvalue weighted by Crippen LogP contribution is -2.73. The van der Waals surface area contributed by atoms with Gasteiger partial charge in [0.25, 0.3) is 0 Å². The van der Waals surface area contributed by atoms with E-state index in [1.807, 2.05) is 4.90 Å². The molecule has 106 valence electrons. The number of hydrogen-bond acceptors (Lipinski definition) is 5. The molecule has 3 heterocycles. The molecule has 0 unspecified atom stereocenters. The Bertz CT molecular complexity index is 594. The maximum Gasteiger partial charge on any atom is 0.407 e. The van der Waals surface area contributed by atoms with E-state index < -0.39 is 11.0 Å². The van der Waals surface area contributed by atoms with Gasteiger partial charge in [-0.15, -0.1) is 0 Å². The number of rotatable bonds is 2. The Morgan fingerprint density at radius 2 is 2.10 bits per heavy atom. The Morgan fingerprint density at radius 3 is 2.65 bits per heavy atom. The Hall–Kier alpha value is -1.90. The van der Waals surface area contributed by atoms with E-state index in [9.17, 15) is 14.9 Å². The summed E-state index contributed by atoms with van der Waals surface area (Å²) in [6.07, 6.45) is 0.610. The molecule has 1 N–H and O–H groups in total. The van der Waals surface area contributed by atoms with Crippen molar-refractivity contribution < 1.29 is 14.8 Å². The van der Waals surface area contributed by atoms with Gasteiger partial charge >= 0.3 is 11.8 Å². The van der Waals surface area contributed by atoms with Crippen LogP contribution in [0.2, 0.25) is 0 Å². The zero-order valence-corrected chi connectivity index (χ0v) is 11.9. The Labute approximate surface area is 122 Å². The molecule has 9 heteroatoms. The summed E-state index contributed by atoms with van der Waals surface area (Å²) < 4.78 is 0.559. The highest BCUT2D eigenvalue weighted by Crippen LogP contribution is 2.43. The normalized spacial score (nSPS) is 19.4. The lowest BCUT2D eigenvalue weighted by molar-refractivity contribution is -0.384. The van der Waals surface area contributed by atoms with E-state index in [1.165, 1.54) is 17.2 Å². The molecular formula is C11H11BrN4O4. The molecule has 1 amide bonds. The van der Waals surface area contributed by atoms with Crippen LogP contribution in [0.4, 0.5) is 16.3 Å². The first-order valence-electron chi connectivity index (χ1n) is 5.93. The largest absolute Gasteiger partial charge is 0.465 e. The number of halogens is 1. The molecule has 1 spiro atoms. The van der Waals surface area contributed by atoms with Crippen molar-refractivity contribution in [2.75, 3.05) is 31.1 Å². The fourth-order valence-corrected chi connectivity index (χ4v) is 3.13. The van der Waals surface area contributed by atoms with Gasteiger partial charge < -0.3 is 14.9 Å². The van der Waals surface area contributed by atoms with Gasteiger partial charge in [0.2, 0.25) is 5.82 Å². The minimum atomic E-state index is -0.915. The molecule has 20 heavy (non-hydrogen) atoms. The summed E-state index contributed by atoms with van der Waals surface area (Å²) in [5, 5.41) is 19.9. The topological polar surface area (TPSA) is 99.8 Å². The lowest BCUT2D eigenvalue weighted by Gasteiger charge is -2.59. The molecule has 2 saturated heterocycles. The summed E-state index contributed by atoms with van der Waals surface area (Å²) in [6, 6.07) is 1.43. The Morgan fingerprint density at radius 1 is 1.45 bits per heavy atom.